The lowest BCUT2D eigenvalue weighted by molar-refractivity contribution is -0.118. The van der Waals surface area contributed by atoms with E-state index in [4.69, 9.17) is 14.2 Å². The summed E-state index contributed by atoms with van der Waals surface area (Å²) in [5.41, 5.74) is 1.09. The Morgan fingerprint density at radius 2 is 1.88 bits per heavy atom. The lowest BCUT2D eigenvalue weighted by Gasteiger charge is -2.44. The normalized spacial score (nSPS) is 21.4. The Morgan fingerprint density at radius 1 is 1.00 bits per heavy atom. The third-order valence-corrected chi connectivity index (χ3v) is 6.88. The molecular weight excluding hydrogens is 434 g/mol. The quantitative estimate of drug-likeness (QED) is 0.651. The van der Waals surface area contributed by atoms with Gasteiger partial charge in [0, 0.05) is 29.9 Å². The van der Waals surface area contributed by atoms with Gasteiger partial charge in [-0.05, 0) is 75.0 Å². The van der Waals surface area contributed by atoms with E-state index in [2.05, 4.69) is 15.5 Å². The second-order valence-electron chi connectivity index (χ2n) is 9.14. The minimum absolute atomic E-state index is 0.111. The number of hydrogen-bond acceptors (Lipinski definition) is 6. The van der Waals surface area contributed by atoms with Crippen molar-refractivity contribution in [3.63, 3.8) is 0 Å². The van der Waals surface area contributed by atoms with Gasteiger partial charge in [-0.2, -0.15) is 0 Å². The van der Waals surface area contributed by atoms with Gasteiger partial charge in [-0.3, -0.25) is 9.59 Å². The molecule has 0 saturated carbocycles. The maximum absolute atomic E-state index is 12.8. The minimum Gasteiger partial charge on any atom is -0.484 e. The molecule has 0 spiro atoms. The Hall–Kier alpha value is -3.26. The lowest BCUT2D eigenvalue weighted by Crippen LogP contribution is -2.51. The maximum atomic E-state index is 12.8. The standard InChI is InChI=1S/C26H31N3O5/c30-25(16-32-21-9-10-23-24(14-21)34-17-33-23)28-20-7-3-5-18(13-20)26(31)27-15-19-6-4-12-29-11-2-1-8-22(19)29/h3,5,7,9-10,13-14,19,22H,1-2,4,6,8,11-12,15-17H2,(H,27,31)(H,28,30)/t19-,22+/m0/s1. The highest BCUT2D eigenvalue weighted by Crippen LogP contribution is 2.35. The van der Waals surface area contributed by atoms with Crippen molar-refractivity contribution in [1.82, 2.24) is 10.2 Å². The van der Waals surface area contributed by atoms with Crippen molar-refractivity contribution in [2.24, 2.45) is 5.92 Å². The highest BCUT2D eigenvalue weighted by Gasteiger charge is 2.33. The van der Waals surface area contributed by atoms with Crippen molar-refractivity contribution in [2.75, 3.05) is 38.4 Å². The molecule has 0 aliphatic carbocycles. The number of fused-ring (bicyclic) bond motifs is 2. The van der Waals surface area contributed by atoms with Crippen LogP contribution in [0.2, 0.25) is 0 Å². The summed E-state index contributed by atoms with van der Waals surface area (Å²) in [6.07, 6.45) is 6.17. The zero-order chi connectivity index (χ0) is 23.3. The molecule has 3 aliphatic rings. The fourth-order valence-electron chi connectivity index (χ4n) is 5.19. The molecule has 3 aliphatic heterocycles. The highest BCUT2D eigenvalue weighted by molar-refractivity contribution is 5.97. The van der Waals surface area contributed by atoms with E-state index in [0.717, 1.165) is 0 Å². The molecule has 0 bridgehead atoms. The van der Waals surface area contributed by atoms with E-state index < -0.39 is 0 Å². The summed E-state index contributed by atoms with van der Waals surface area (Å²) in [7, 11) is 0. The maximum Gasteiger partial charge on any atom is 0.262 e. The Labute approximate surface area is 199 Å². The third kappa shape index (κ3) is 5.28. The molecule has 2 aromatic carbocycles. The van der Waals surface area contributed by atoms with Crippen LogP contribution in [0, 0.1) is 5.92 Å². The number of piperidine rings is 2. The van der Waals surface area contributed by atoms with E-state index in [1.807, 2.05) is 0 Å². The summed E-state index contributed by atoms with van der Waals surface area (Å²) in [5.74, 6) is 1.86. The van der Waals surface area contributed by atoms with E-state index in [9.17, 15) is 9.59 Å². The van der Waals surface area contributed by atoms with Crippen molar-refractivity contribution in [2.45, 2.75) is 38.1 Å². The Morgan fingerprint density at radius 3 is 2.82 bits per heavy atom. The zero-order valence-electron chi connectivity index (χ0n) is 19.3. The molecule has 2 aromatic rings. The van der Waals surface area contributed by atoms with Crippen LogP contribution in [0.25, 0.3) is 0 Å². The van der Waals surface area contributed by atoms with E-state index in [-0.39, 0.29) is 25.2 Å². The molecule has 2 atom stereocenters. The van der Waals surface area contributed by atoms with Crippen molar-refractivity contribution in [3.05, 3.63) is 48.0 Å². The number of nitrogens with one attached hydrogen (secondary N) is 2. The second kappa shape index (κ2) is 10.3. The van der Waals surface area contributed by atoms with Crippen molar-refractivity contribution in [3.8, 4) is 17.2 Å². The number of hydrogen-bond donors (Lipinski definition) is 2. The molecule has 2 N–H and O–H groups in total. The van der Waals surface area contributed by atoms with Gasteiger partial charge >= 0.3 is 0 Å². The van der Waals surface area contributed by atoms with Crippen LogP contribution in [0.1, 0.15) is 42.5 Å². The number of ether oxygens (including phenoxy) is 3. The van der Waals surface area contributed by atoms with Crippen molar-refractivity contribution < 1.29 is 23.8 Å². The Kier molecular flexibility index (Phi) is 6.85. The molecule has 2 fully saturated rings. The van der Waals surface area contributed by atoms with Crippen LogP contribution in [0.3, 0.4) is 0 Å². The molecule has 34 heavy (non-hydrogen) atoms. The summed E-state index contributed by atoms with van der Waals surface area (Å²) in [4.78, 5) is 27.8. The topological polar surface area (TPSA) is 89.1 Å². The first kappa shape index (κ1) is 22.5. The number of anilines is 1. The number of carbonyl (C=O) groups is 2. The minimum atomic E-state index is -0.310. The molecule has 0 aromatic heterocycles. The molecule has 0 radical (unpaired) electrons. The average molecular weight is 466 g/mol. The predicted molar refractivity (Wildman–Crippen MR) is 127 cm³/mol. The SMILES string of the molecule is O=C(COc1ccc2c(c1)OCO2)Nc1cccc(C(=O)NC[C@@H]2CCCN3CCCC[C@H]23)c1. The van der Waals surface area contributed by atoms with E-state index in [1.54, 1.807) is 42.5 Å². The van der Waals surface area contributed by atoms with Crippen LogP contribution < -0.4 is 24.8 Å². The average Bonchev–Trinajstić information content (AvgIpc) is 3.34. The van der Waals surface area contributed by atoms with Crippen LogP contribution >= 0.6 is 0 Å². The fourth-order valence-corrected chi connectivity index (χ4v) is 5.19. The molecule has 5 rings (SSSR count). The van der Waals surface area contributed by atoms with Gasteiger partial charge in [-0.25, -0.2) is 0 Å². The molecule has 3 heterocycles. The summed E-state index contributed by atoms with van der Waals surface area (Å²) in [6, 6.07) is 12.8. The van der Waals surface area contributed by atoms with Crippen LogP contribution in [-0.2, 0) is 4.79 Å². The first-order valence-corrected chi connectivity index (χ1v) is 12.1. The summed E-state index contributed by atoms with van der Waals surface area (Å²) in [5, 5.41) is 5.92. The van der Waals surface area contributed by atoms with Crippen LogP contribution in [0.5, 0.6) is 17.2 Å². The van der Waals surface area contributed by atoms with Crippen LogP contribution in [0.15, 0.2) is 42.5 Å². The van der Waals surface area contributed by atoms with Gasteiger partial charge in [-0.1, -0.05) is 12.5 Å². The van der Waals surface area contributed by atoms with Gasteiger partial charge in [0.15, 0.2) is 18.1 Å². The first-order valence-electron chi connectivity index (χ1n) is 12.1. The van der Waals surface area contributed by atoms with Gasteiger partial charge in [0.1, 0.15) is 5.75 Å². The summed E-state index contributed by atoms with van der Waals surface area (Å²) in [6.45, 7) is 3.10. The summed E-state index contributed by atoms with van der Waals surface area (Å²) < 4.78 is 16.2. The summed E-state index contributed by atoms with van der Waals surface area (Å²) >= 11 is 0. The van der Waals surface area contributed by atoms with E-state index >= 15 is 0 Å². The molecule has 2 amide bonds. The molecule has 2 saturated heterocycles. The Bertz CT molecular complexity index is 1040. The number of nitrogens with zero attached hydrogens (tertiary/aromatic N) is 1. The monoisotopic (exact) mass is 465 g/mol. The highest BCUT2D eigenvalue weighted by atomic mass is 16.7. The smallest absolute Gasteiger partial charge is 0.262 e. The van der Waals surface area contributed by atoms with Crippen LogP contribution in [0.4, 0.5) is 5.69 Å². The number of benzene rings is 2. The van der Waals surface area contributed by atoms with Gasteiger partial charge in [0.25, 0.3) is 11.8 Å². The zero-order valence-corrected chi connectivity index (χ0v) is 19.3. The van der Waals surface area contributed by atoms with E-state index in [0.29, 0.717) is 47.0 Å². The second-order valence-corrected chi connectivity index (χ2v) is 9.14. The number of carbonyl (C=O) groups excluding carboxylic acids is 2. The molecule has 8 nitrogen and oxygen atoms in total. The molecule has 180 valence electrons. The number of amides is 2. The van der Waals surface area contributed by atoms with Gasteiger partial charge in [0.2, 0.25) is 6.79 Å². The first-order chi connectivity index (χ1) is 16.7. The molecule has 0 unspecified atom stereocenters. The van der Waals surface area contributed by atoms with Crippen LogP contribution in [-0.4, -0.2) is 55.8 Å². The van der Waals surface area contributed by atoms with Gasteiger partial charge in [-0.15, -0.1) is 0 Å². The van der Waals surface area contributed by atoms with Gasteiger partial charge in [0.05, 0.1) is 0 Å². The molecular formula is C26H31N3O5. The largest absolute Gasteiger partial charge is 0.484 e. The third-order valence-electron chi connectivity index (χ3n) is 6.88. The predicted octanol–water partition coefficient (Wildman–Crippen LogP) is 3.43. The molecule has 8 heteroatoms. The Balaban J connectivity index is 1.12. The van der Waals surface area contributed by atoms with Crippen molar-refractivity contribution >= 4 is 17.5 Å². The number of rotatable bonds is 7. The lowest BCUT2D eigenvalue weighted by atomic mass is 9.83. The van der Waals surface area contributed by atoms with Gasteiger partial charge < -0.3 is 29.7 Å². The fraction of sp³-hybridized carbons (Fsp3) is 0.462. The van der Waals surface area contributed by atoms with Crippen molar-refractivity contribution in [1.29, 1.82) is 0 Å². The van der Waals surface area contributed by atoms with E-state index in [1.165, 1.54) is 45.2 Å².